The van der Waals surface area contributed by atoms with Gasteiger partial charge in [0.2, 0.25) is 0 Å². The Morgan fingerprint density at radius 1 is 1.16 bits per heavy atom. The van der Waals surface area contributed by atoms with Crippen molar-refractivity contribution in [1.29, 1.82) is 0 Å². The third-order valence-electron chi connectivity index (χ3n) is 6.22. The van der Waals surface area contributed by atoms with Gasteiger partial charge in [-0.1, -0.05) is 17.5 Å². The normalized spacial score (nSPS) is 17.7. The lowest BCUT2D eigenvalue weighted by Crippen LogP contribution is -2.41. The molecule has 0 amide bonds. The van der Waals surface area contributed by atoms with E-state index in [-0.39, 0.29) is 22.7 Å². The van der Waals surface area contributed by atoms with E-state index in [4.69, 9.17) is 16.3 Å². The number of hydrogen-bond acceptors (Lipinski definition) is 6. The fraction of sp³-hybridized carbons (Fsp3) is 0.409. The standard InChI is InChI=1S/C22H20ClF2N5O2/c23-13-9-15(24)14(16(25)10-13)1-2-17-19-20(29-28-17)27-21(18(11-31)26-19)30-6-3-22(4-7-30)5-8-32-12-22/h9-10,31H,3-8,11-12H2,(H,27,28,29). The molecule has 2 aliphatic rings. The number of nitrogens with one attached hydrogen (secondary N) is 1. The second kappa shape index (κ2) is 8.28. The molecule has 10 heteroatoms. The van der Waals surface area contributed by atoms with Gasteiger partial charge in [-0.25, -0.2) is 18.7 Å². The fourth-order valence-corrected chi connectivity index (χ4v) is 4.52. The van der Waals surface area contributed by atoms with Crippen molar-refractivity contribution in [3.05, 3.63) is 45.7 Å². The number of piperidine rings is 1. The van der Waals surface area contributed by atoms with Crippen LogP contribution in [0.4, 0.5) is 14.6 Å². The van der Waals surface area contributed by atoms with E-state index < -0.39 is 17.2 Å². The van der Waals surface area contributed by atoms with Crippen molar-refractivity contribution in [2.24, 2.45) is 5.41 Å². The highest BCUT2D eigenvalue weighted by atomic mass is 35.5. The molecule has 5 rings (SSSR count). The van der Waals surface area contributed by atoms with Gasteiger partial charge in [-0.15, -0.1) is 0 Å². The summed E-state index contributed by atoms with van der Waals surface area (Å²) in [6.45, 7) is 2.91. The van der Waals surface area contributed by atoms with Gasteiger partial charge < -0.3 is 14.7 Å². The smallest absolute Gasteiger partial charge is 0.177 e. The monoisotopic (exact) mass is 459 g/mol. The van der Waals surface area contributed by atoms with E-state index in [0.717, 1.165) is 57.7 Å². The summed E-state index contributed by atoms with van der Waals surface area (Å²) in [7, 11) is 0. The Morgan fingerprint density at radius 3 is 2.56 bits per heavy atom. The maximum absolute atomic E-state index is 14.0. The topological polar surface area (TPSA) is 87.2 Å². The molecule has 2 N–H and O–H groups in total. The molecule has 0 aliphatic carbocycles. The molecule has 7 nitrogen and oxygen atoms in total. The molecular formula is C22H20ClF2N5O2. The summed E-state index contributed by atoms with van der Waals surface area (Å²) in [6, 6.07) is 1.99. The third kappa shape index (κ3) is 3.79. The molecule has 1 aromatic carbocycles. The maximum Gasteiger partial charge on any atom is 0.177 e. The number of H-pyrrole nitrogens is 1. The molecule has 1 spiro atoms. The number of ether oxygens (including phenoxy) is 1. The maximum atomic E-state index is 14.0. The van der Waals surface area contributed by atoms with Gasteiger partial charge in [-0.05, 0) is 42.7 Å². The summed E-state index contributed by atoms with van der Waals surface area (Å²) in [5, 5.41) is 16.7. The molecule has 166 valence electrons. The van der Waals surface area contributed by atoms with E-state index in [0.29, 0.717) is 22.7 Å². The van der Waals surface area contributed by atoms with Crippen LogP contribution in [0.2, 0.25) is 5.02 Å². The zero-order valence-corrected chi connectivity index (χ0v) is 17.8. The number of halogens is 3. The number of hydrogen-bond donors (Lipinski definition) is 2. The van der Waals surface area contributed by atoms with Crippen molar-refractivity contribution in [1.82, 2.24) is 20.2 Å². The van der Waals surface area contributed by atoms with Crippen molar-refractivity contribution >= 4 is 28.6 Å². The van der Waals surface area contributed by atoms with Crippen LogP contribution in [0.1, 0.15) is 36.2 Å². The van der Waals surface area contributed by atoms with Gasteiger partial charge in [-0.3, -0.25) is 5.10 Å². The van der Waals surface area contributed by atoms with Crippen LogP contribution in [-0.4, -0.2) is 51.6 Å². The van der Waals surface area contributed by atoms with Gasteiger partial charge in [-0.2, -0.15) is 5.10 Å². The molecule has 2 fully saturated rings. The minimum Gasteiger partial charge on any atom is -0.390 e. The minimum absolute atomic E-state index is 0.0501. The first-order chi connectivity index (χ1) is 15.5. The second-order valence-electron chi connectivity index (χ2n) is 8.21. The zero-order valence-electron chi connectivity index (χ0n) is 17.1. The summed E-state index contributed by atoms with van der Waals surface area (Å²) in [6.07, 6.45) is 3.07. The van der Waals surface area contributed by atoms with Crippen LogP contribution in [0.3, 0.4) is 0 Å². The molecule has 2 saturated heterocycles. The van der Waals surface area contributed by atoms with Gasteiger partial charge in [0.05, 0.1) is 18.8 Å². The molecule has 0 atom stereocenters. The summed E-state index contributed by atoms with van der Waals surface area (Å²) in [4.78, 5) is 11.3. The van der Waals surface area contributed by atoms with E-state index in [2.05, 4.69) is 36.9 Å². The number of anilines is 1. The summed E-state index contributed by atoms with van der Waals surface area (Å²) in [5.41, 5.74) is 1.15. The molecule has 0 saturated carbocycles. The number of fused-ring (bicyclic) bond motifs is 1. The zero-order chi connectivity index (χ0) is 22.3. The van der Waals surface area contributed by atoms with Gasteiger partial charge in [0.15, 0.2) is 17.2 Å². The number of aromatic amines is 1. The van der Waals surface area contributed by atoms with Crippen LogP contribution in [-0.2, 0) is 11.3 Å². The molecule has 0 bridgehead atoms. The highest BCUT2D eigenvalue weighted by molar-refractivity contribution is 6.30. The first-order valence-electron chi connectivity index (χ1n) is 10.3. The average molecular weight is 460 g/mol. The van der Waals surface area contributed by atoms with E-state index in [1.54, 1.807) is 0 Å². The Labute approximate surface area is 187 Å². The number of aliphatic hydroxyl groups excluding tert-OH is 1. The van der Waals surface area contributed by atoms with Crippen LogP contribution >= 0.6 is 11.6 Å². The van der Waals surface area contributed by atoms with Crippen LogP contribution in [0, 0.1) is 28.9 Å². The molecule has 2 aliphatic heterocycles. The lowest BCUT2D eigenvalue weighted by molar-refractivity contribution is 0.133. The molecule has 0 unspecified atom stereocenters. The number of aromatic nitrogens is 4. The Morgan fingerprint density at radius 2 is 1.91 bits per heavy atom. The number of benzene rings is 1. The fourth-order valence-electron chi connectivity index (χ4n) is 4.33. The molecule has 0 radical (unpaired) electrons. The van der Waals surface area contributed by atoms with Crippen LogP contribution in [0.5, 0.6) is 0 Å². The average Bonchev–Trinajstić information content (AvgIpc) is 3.39. The van der Waals surface area contributed by atoms with Gasteiger partial charge in [0.1, 0.15) is 22.8 Å². The van der Waals surface area contributed by atoms with Gasteiger partial charge in [0.25, 0.3) is 0 Å². The SMILES string of the molecule is OCc1nc2c(C#Cc3c(F)cc(Cl)cc3F)n[nH]c2nc1N1CCC2(CCOC2)CC1. The number of nitrogens with zero attached hydrogens (tertiary/aromatic N) is 4. The van der Waals surface area contributed by atoms with E-state index in [1.807, 2.05) is 0 Å². The molecule has 2 aromatic heterocycles. The second-order valence-corrected chi connectivity index (χ2v) is 8.64. The van der Waals surface area contributed by atoms with Gasteiger partial charge in [0, 0.05) is 24.7 Å². The van der Waals surface area contributed by atoms with Crippen molar-refractivity contribution in [3.8, 4) is 11.8 Å². The highest BCUT2D eigenvalue weighted by Crippen LogP contribution is 2.40. The summed E-state index contributed by atoms with van der Waals surface area (Å²) in [5.74, 6) is 3.98. The predicted molar refractivity (Wildman–Crippen MR) is 114 cm³/mol. The van der Waals surface area contributed by atoms with E-state index >= 15 is 0 Å². The largest absolute Gasteiger partial charge is 0.390 e. The Balaban J connectivity index is 1.45. The van der Waals surface area contributed by atoms with Crippen molar-refractivity contribution in [2.75, 3.05) is 31.2 Å². The summed E-state index contributed by atoms with van der Waals surface area (Å²) < 4.78 is 33.6. The number of rotatable bonds is 2. The van der Waals surface area contributed by atoms with Crippen molar-refractivity contribution < 1.29 is 18.6 Å². The van der Waals surface area contributed by atoms with Crippen LogP contribution in [0.15, 0.2) is 12.1 Å². The lowest BCUT2D eigenvalue weighted by Gasteiger charge is -2.39. The van der Waals surface area contributed by atoms with Crippen LogP contribution in [0.25, 0.3) is 11.2 Å². The molecule has 4 heterocycles. The Hall–Kier alpha value is -2.80. The lowest BCUT2D eigenvalue weighted by atomic mass is 9.78. The van der Waals surface area contributed by atoms with Crippen molar-refractivity contribution in [3.63, 3.8) is 0 Å². The van der Waals surface area contributed by atoms with Crippen LogP contribution < -0.4 is 4.90 Å². The predicted octanol–water partition coefficient (Wildman–Crippen LogP) is 3.18. The third-order valence-corrected chi connectivity index (χ3v) is 6.43. The first-order valence-corrected chi connectivity index (χ1v) is 10.7. The summed E-state index contributed by atoms with van der Waals surface area (Å²) >= 11 is 5.65. The highest BCUT2D eigenvalue weighted by Gasteiger charge is 2.38. The number of aliphatic hydroxyl groups is 1. The Bertz CT molecular complexity index is 1210. The molecular weight excluding hydrogens is 440 g/mol. The Kier molecular flexibility index (Phi) is 5.45. The first kappa shape index (κ1) is 21.1. The van der Waals surface area contributed by atoms with E-state index in [1.165, 1.54) is 0 Å². The minimum atomic E-state index is -0.859. The molecule has 32 heavy (non-hydrogen) atoms. The quantitative estimate of drug-likeness (QED) is 0.572. The van der Waals surface area contributed by atoms with Crippen molar-refractivity contribution in [2.45, 2.75) is 25.9 Å². The van der Waals surface area contributed by atoms with E-state index in [9.17, 15) is 13.9 Å². The molecule has 3 aromatic rings. The van der Waals surface area contributed by atoms with Gasteiger partial charge >= 0.3 is 0 Å².